The van der Waals surface area contributed by atoms with Crippen molar-refractivity contribution in [2.45, 2.75) is 6.04 Å². The Bertz CT molecular complexity index is 937. The number of nitriles is 1. The molecule has 0 heterocycles. The largest absolute Gasteiger partial charge is 0.350 e. The van der Waals surface area contributed by atoms with Gasteiger partial charge in [-0.15, -0.1) is 0 Å². The van der Waals surface area contributed by atoms with Gasteiger partial charge in [0.1, 0.15) is 11.6 Å². The Labute approximate surface area is 165 Å². The van der Waals surface area contributed by atoms with E-state index in [2.05, 4.69) is 5.32 Å². The first kappa shape index (κ1) is 18.9. The number of nitrogens with one attached hydrogen (secondary N) is 1. The van der Waals surface area contributed by atoms with Crippen LogP contribution in [0.2, 0.25) is 0 Å². The smallest absolute Gasteiger partial charge is 0.264 e. The zero-order valence-electron chi connectivity index (χ0n) is 15.6. The minimum atomic E-state index is -0.414. The number of amides is 1. The molecule has 0 aliphatic carbocycles. The molecule has 1 N–H and O–H groups in total. The second-order valence-corrected chi connectivity index (χ2v) is 6.33. The second kappa shape index (κ2) is 9.20. The lowest BCUT2D eigenvalue weighted by molar-refractivity contribution is -0.117. The Kier molecular flexibility index (Phi) is 6.22. The highest BCUT2D eigenvalue weighted by Gasteiger charge is 2.19. The molecule has 1 amide bonds. The molecule has 0 radical (unpaired) electrons. The summed E-state index contributed by atoms with van der Waals surface area (Å²) in [6.45, 7) is 0. The van der Waals surface area contributed by atoms with Crippen LogP contribution in [0.3, 0.4) is 0 Å². The Morgan fingerprint density at radius 3 is 1.82 bits per heavy atom. The van der Waals surface area contributed by atoms with Crippen molar-refractivity contribution in [1.29, 1.82) is 5.26 Å². The molecule has 0 spiro atoms. The van der Waals surface area contributed by atoms with Crippen molar-refractivity contribution in [2.24, 2.45) is 0 Å². The van der Waals surface area contributed by atoms with E-state index in [4.69, 9.17) is 0 Å². The summed E-state index contributed by atoms with van der Waals surface area (Å²) < 4.78 is 0. The van der Waals surface area contributed by atoms with Crippen molar-refractivity contribution >= 4 is 11.6 Å². The molecule has 0 saturated heterocycles. The SMILES string of the molecule is CN(/C=C(/C#N)C(=O)NC(c1ccccc1)c1ccccc1)c1ccccc1. The van der Waals surface area contributed by atoms with Crippen molar-refractivity contribution in [3.8, 4) is 6.07 Å². The van der Waals surface area contributed by atoms with Gasteiger partial charge in [-0.05, 0) is 23.3 Å². The van der Waals surface area contributed by atoms with E-state index in [1.165, 1.54) is 0 Å². The van der Waals surface area contributed by atoms with E-state index < -0.39 is 5.91 Å². The van der Waals surface area contributed by atoms with Crippen LogP contribution in [0.5, 0.6) is 0 Å². The molecule has 0 atom stereocenters. The van der Waals surface area contributed by atoms with Crippen LogP contribution in [-0.4, -0.2) is 13.0 Å². The molecule has 0 bridgehead atoms. The van der Waals surface area contributed by atoms with E-state index in [-0.39, 0.29) is 11.6 Å². The molecule has 138 valence electrons. The Hall–Kier alpha value is -3.84. The summed E-state index contributed by atoms with van der Waals surface area (Å²) in [6.07, 6.45) is 1.55. The molecule has 0 fully saturated rings. The molecule has 3 aromatic carbocycles. The fourth-order valence-electron chi connectivity index (χ4n) is 2.93. The maximum Gasteiger partial charge on any atom is 0.264 e. The van der Waals surface area contributed by atoms with Crippen molar-refractivity contribution in [3.63, 3.8) is 0 Å². The fraction of sp³-hybridized carbons (Fsp3) is 0.0833. The van der Waals surface area contributed by atoms with Gasteiger partial charge in [-0.3, -0.25) is 4.79 Å². The number of hydrogen-bond donors (Lipinski definition) is 1. The van der Waals surface area contributed by atoms with Gasteiger partial charge >= 0.3 is 0 Å². The van der Waals surface area contributed by atoms with Crippen LogP contribution in [0.1, 0.15) is 17.2 Å². The summed E-state index contributed by atoms with van der Waals surface area (Å²) in [4.78, 5) is 14.6. The van der Waals surface area contributed by atoms with Gasteiger partial charge in [0.2, 0.25) is 0 Å². The minimum absolute atomic E-state index is 0.0446. The molecule has 4 nitrogen and oxygen atoms in total. The summed E-state index contributed by atoms with van der Waals surface area (Å²) >= 11 is 0. The molecule has 0 unspecified atom stereocenters. The van der Waals surface area contributed by atoms with Crippen LogP contribution < -0.4 is 10.2 Å². The number of anilines is 1. The zero-order chi connectivity index (χ0) is 19.8. The van der Waals surface area contributed by atoms with Crippen LogP contribution in [0.4, 0.5) is 5.69 Å². The van der Waals surface area contributed by atoms with Gasteiger partial charge in [0.15, 0.2) is 0 Å². The maximum atomic E-state index is 12.9. The third kappa shape index (κ3) is 4.66. The van der Waals surface area contributed by atoms with Crippen LogP contribution >= 0.6 is 0 Å². The summed E-state index contributed by atoms with van der Waals surface area (Å²) in [5, 5.41) is 12.5. The number of carbonyl (C=O) groups excluding carboxylic acids is 1. The Morgan fingerprint density at radius 1 is 0.893 bits per heavy atom. The van der Waals surface area contributed by atoms with Crippen LogP contribution in [0, 0.1) is 11.3 Å². The predicted octanol–water partition coefficient (Wildman–Crippen LogP) is 4.44. The van der Waals surface area contributed by atoms with Crippen molar-refractivity contribution < 1.29 is 4.79 Å². The van der Waals surface area contributed by atoms with Crippen molar-refractivity contribution in [1.82, 2.24) is 5.32 Å². The third-order valence-corrected chi connectivity index (χ3v) is 4.39. The van der Waals surface area contributed by atoms with E-state index in [9.17, 15) is 10.1 Å². The quantitative estimate of drug-likeness (QED) is 0.518. The lowest BCUT2D eigenvalue weighted by atomic mass is 9.98. The van der Waals surface area contributed by atoms with Crippen LogP contribution in [-0.2, 0) is 4.79 Å². The average molecular weight is 367 g/mol. The monoisotopic (exact) mass is 367 g/mol. The highest BCUT2D eigenvalue weighted by atomic mass is 16.1. The standard InChI is InChI=1S/C24H21N3O/c1-27(22-15-9-4-10-16-22)18-21(17-25)24(28)26-23(19-11-5-2-6-12-19)20-13-7-3-8-14-20/h2-16,18,23H,1H3,(H,26,28)/b21-18-. The first-order valence-corrected chi connectivity index (χ1v) is 8.99. The second-order valence-electron chi connectivity index (χ2n) is 6.33. The highest BCUT2D eigenvalue weighted by Crippen LogP contribution is 2.22. The van der Waals surface area contributed by atoms with Gasteiger partial charge in [-0.1, -0.05) is 78.9 Å². The molecule has 3 aromatic rings. The number of benzene rings is 3. The first-order chi connectivity index (χ1) is 13.7. The lowest BCUT2D eigenvalue weighted by Crippen LogP contribution is -2.31. The number of rotatable bonds is 6. The molecule has 0 aliphatic heterocycles. The minimum Gasteiger partial charge on any atom is -0.350 e. The van der Waals surface area contributed by atoms with E-state index in [0.29, 0.717) is 0 Å². The first-order valence-electron chi connectivity index (χ1n) is 8.99. The molecule has 4 heteroatoms. The molecule has 0 aromatic heterocycles. The molecule has 0 aliphatic rings. The van der Waals surface area contributed by atoms with Crippen LogP contribution in [0.25, 0.3) is 0 Å². The van der Waals surface area contributed by atoms with E-state index in [0.717, 1.165) is 16.8 Å². The maximum absolute atomic E-state index is 12.9. The zero-order valence-corrected chi connectivity index (χ0v) is 15.6. The number of hydrogen-bond acceptors (Lipinski definition) is 3. The fourth-order valence-corrected chi connectivity index (χ4v) is 2.93. The Balaban J connectivity index is 1.86. The van der Waals surface area contributed by atoms with Gasteiger partial charge in [0.25, 0.3) is 5.91 Å². The number of para-hydroxylation sites is 1. The van der Waals surface area contributed by atoms with Crippen LogP contribution in [0.15, 0.2) is 103 Å². The van der Waals surface area contributed by atoms with Crippen molar-refractivity contribution in [3.05, 3.63) is 114 Å². The Morgan fingerprint density at radius 2 is 1.36 bits per heavy atom. The molecular formula is C24H21N3O. The predicted molar refractivity (Wildman–Crippen MR) is 111 cm³/mol. The summed E-state index contributed by atoms with van der Waals surface area (Å²) in [5.41, 5.74) is 2.85. The summed E-state index contributed by atoms with van der Waals surface area (Å²) in [7, 11) is 1.81. The molecular weight excluding hydrogens is 346 g/mol. The number of nitrogens with zero attached hydrogens (tertiary/aromatic N) is 2. The number of carbonyl (C=O) groups is 1. The van der Waals surface area contributed by atoms with E-state index in [1.54, 1.807) is 11.1 Å². The lowest BCUT2D eigenvalue weighted by Gasteiger charge is -2.20. The molecule has 0 saturated carbocycles. The van der Waals surface area contributed by atoms with Gasteiger partial charge in [0.05, 0.1) is 6.04 Å². The van der Waals surface area contributed by atoms with Crippen molar-refractivity contribution in [2.75, 3.05) is 11.9 Å². The third-order valence-electron chi connectivity index (χ3n) is 4.39. The van der Waals surface area contributed by atoms with Gasteiger partial charge in [0, 0.05) is 18.9 Å². The summed E-state index contributed by atoms with van der Waals surface area (Å²) in [5.74, 6) is -0.414. The summed E-state index contributed by atoms with van der Waals surface area (Å²) in [6, 6.07) is 30.7. The molecule has 28 heavy (non-hydrogen) atoms. The van der Waals surface area contributed by atoms with Gasteiger partial charge in [-0.2, -0.15) is 5.26 Å². The average Bonchev–Trinajstić information content (AvgIpc) is 2.77. The highest BCUT2D eigenvalue weighted by molar-refractivity contribution is 5.98. The van der Waals surface area contributed by atoms with E-state index in [1.807, 2.05) is 104 Å². The van der Waals surface area contributed by atoms with E-state index >= 15 is 0 Å². The van der Waals surface area contributed by atoms with Gasteiger partial charge in [-0.25, -0.2) is 0 Å². The topological polar surface area (TPSA) is 56.1 Å². The molecule has 3 rings (SSSR count). The van der Waals surface area contributed by atoms with Gasteiger partial charge < -0.3 is 10.2 Å². The normalized spacial score (nSPS) is 11.0.